The third-order valence-corrected chi connectivity index (χ3v) is 1.89. The molecule has 0 unspecified atom stereocenters. The minimum Gasteiger partial charge on any atom is -0.496 e. The van der Waals surface area contributed by atoms with Crippen LogP contribution in [0, 0.1) is 0 Å². The second-order valence-corrected chi connectivity index (χ2v) is 3.45. The zero-order valence-electron chi connectivity index (χ0n) is 9.73. The number of nitrogens with zero attached hydrogens (tertiary/aromatic N) is 1. The van der Waals surface area contributed by atoms with E-state index in [2.05, 4.69) is 5.43 Å². The van der Waals surface area contributed by atoms with Crippen LogP contribution in [0.4, 0.5) is 0 Å². The van der Waals surface area contributed by atoms with Gasteiger partial charge < -0.3 is 4.74 Å². The van der Waals surface area contributed by atoms with Gasteiger partial charge >= 0.3 is 0 Å². The van der Waals surface area contributed by atoms with Gasteiger partial charge in [-0.25, -0.2) is 5.01 Å². The van der Waals surface area contributed by atoms with Crippen molar-refractivity contribution < 1.29 is 9.53 Å². The van der Waals surface area contributed by atoms with Gasteiger partial charge in [0.05, 0.1) is 7.11 Å². The first-order chi connectivity index (χ1) is 7.63. The molecule has 0 heterocycles. The van der Waals surface area contributed by atoms with Crippen LogP contribution in [0.2, 0.25) is 0 Å². The Labute approximate surface area is 95.5 Å². The van der Waals surface area contributed by atoms with Gasteiger partial charge in [-0.3, -0.25) is 10.2 Å². The summed E-state index contributed by atoms with van der Waals surface area (Å²) in [5.41, 5.74) is 3.49. The van der Waals surface area contributed by atoms with Crippen LogP contribution < -0.4 is 10.2 Å². The van der Waals surface area contributed by atoms with E-state index in [1.165, 1.54) is 6.08 Å². The monoisotopic (exact) mass is 220 g/mol. The number of benzene rings is 1. The molecule has 0 spiro atoms. The first-order valence-corrected chi connectivity index (χ1v) is 4.92. The zero-order chi connectivity index (χ0) is 12.0. The fraction of sp³-hybridized carbons (Fsp3) is 0.250. The summed E-state index contributed by atoms with van der Waals surface area (Å²) in [6.07, 6.45) is 3.19. The minimum absolute atomic E-state index is 0.170. The number of methoxy groups -OCH3 is 1. The number of para-hydroxylation sites is 1. The Kier molecular flexibility index (Phi) is 4.54. The van der Waals surface area contributed by atoms with Crippen LogP contribution in [0.3, 0.4) is 0 Å². The van der Waals surface area contributed by atoms with Crippen molar-refractivity contribution in [1.29, 1.82) is 0 Å². The molecule has 4 nitrogen and oxygen atoms in total. The number of nitrogens with one attached hydrogen (secondary N) is 1. The van der Waals surface area contributed by atoms with Gasteiger partial charge in [-0.05, 0) is 12.1 Å². The van der Waals surface area contributed by atoms with Crippen LogP contribution in [0.5, 0.6) is 5.75 Å². The molecule has 1 aromatic carbocycles. The minimum atomic E-state index is -0.170. The molecule has 0 fully saturated rings. The molecule has 0 aliphatic rings. The van der Waals surface area contributed by atoms with Crippen molar-refractivity contribution in [3.8, 4) is 5.75 Å². The van der Waals surface area contributed by atoms with Gasteiger partial charge in [0.25, 0.3) is 5.91 Å². The average molecular weight is 220 g/mol. The first-order valence-electron chi connectivity index (χ1n) is 4.92. The molecule has 0 saturated carbocycles. The summed E-state index contributed by atoms with van der Waals surface area (Å²) in [6.45, 7) is 0. The average Bonchev–Trinajstić information content (AvgIpc) is 2.26. The largest absolute Gasteiger partial charge is 0.496 e. The second kappa shape index (κ2) is 5.92. The van der Waals surface area contributed by atoms with Gasteiger partial charge in [-0.2, -0.15) is 0 Å². The van der Waals surface area contributed by atoms with Crippen LogP contribution in [-0.4, -0.2) is 32.1 Å². The lowest BCUT2D eigenvalue weighted by Crippen LogP contribution is -2.34. The predicted molar refractivity (Wildman–Crippen MR) is 63.9 cm³/mol. The summed E-state index contributed by atoms with van der Waals surface area (Å²) in [5.74, 6) is 0.576. The van der Waals surface area contributed by atoms with Crippen LogP contribution in [0.25, 0.3) is 6.08 Å². The Morgan fingerprint density at radius 3 is 2.69 bits per heavy atom. The van der Waals surface area contributed by atoms with Gasteiger partial charge in [-0.15, -0.1) is 0 Å². The third-order valence-electron chi connectivity index (χ3n) is 1.89. The summed E-state index contributed by atoms with van der Waals surface area (Å²) in [6, 6.07) is 7.52. The lowest BCUT2D eigenvalue weighted by molar-refractivity contribution is -0.119. The van der Waals surface area contributed by atoms with E-state index in [0.717, 1.165) is 11.3 Å². The van der Waals surface area contributed by atoms with E-state index in [4.69, 9.17) is 4.74 Å². The highest BCUT2D eigenvalue weighted by Gasteiger charge is 1.99. The van der Waals surface area contributed by atoms with Crippen molar-refractivity contribution in [3.63, 3.8) is 0 Å². The van der Waals surface area contributed by atoms with Gasteiger partial charge in [0.1, 0.15) is 5.75 Å². The molecule has 0 aliphatic heterocycles. The highest BCUT2D eigenvalue weighted by atomic mass is 16.5. The topological polar surface area (TPSA) is 41.6 Å². The molecule has 86 valence electrons. The smallest absolute Gasteiger partial charge is 0.258 e. The van der Waals surface area contributed by atoms with E-state index in [1.807, 2.05) is 24.3 Å². The Hall–Kier alpha value is -1.81. The molecule has 4 heteroatoms. The lowest BCUT2D eigenvalue weighted by atomic mass is 10.2. The maximum atomic E-state index is 11.3. The Morgan fingerprint density at radius 2 is 2.06 bits per heavy atom. The molecular formula is C12H16N2O2. The van der Waals surface area contributed by atoms with E-state index >= 15 is 0 Å². The second-order valence-electron chi connectivity index (χ2n) is 3.45. The summed E-state index contributed by atoms with van der Waals surface area (Å²) < 4.78 is 5.17. The summed E-state index contributed by atoms with van der Waals surface area (Å²) in [4.78, 5) is 11.3. The van der Waals surface area contributed by atoms with Crippen molar-refractivity contribution in [2.24, 2.45) is 0 Å². The molecule has 0 radical (unpaired) electrons. The molecule has 0 saturated heterocycles. The van der Waals surface area contributed by atoms with E-state index in [-0.39, 0.29) is 5.91 Å². The van der Waals surface area contributed by atoms with Crippen molar-refractivity contribution in [2.75, 3.05) is 21.2 Å². The normalized spacial score (nSPS) is 10.8. The van der Waals surface area contributed by atoms with Crippen LogP contribution >= 0.6 is 0 Å². The van der Waals surface area contributed by atoms with Crippen molar-refractivity contribution in [2.45, 2.75) is 0 Å². The fourth-order valence-corrected chi connectivity index (χ4v) is 1.23. The Balaban J connectivity index is 2.72. The maximum absolute atomic E-state index is 11.3. The molecule has 0 aromatic heterocycles. The van der Waals surface area contributed by atoms with E-state index in [0.29, 0.717) is 0 Å². The number of hydrazine groups is 1. The molecule has 1 rings (SSSR count). The first kappa shape index (κ1) is 12.3. The number of carbonyl (C=O) groups excluding carboxylic acids is 1. The molecule has 0 atom stereocenters. The maximum Gasteiger partial charge on any atom is 0.258 e. The van der Waals surface area contributed by atoms with Gasteiger partial charge in [0.15, 0.2) is 0 Å². The van der Waals surface area contributed by atoms with Gasteiger partial charge in [0.2, 0.25) is 0 Å². The van der Waals surface area contributed by atoms with E-state index < -0.39 is 0 Å². The number of hydrogen-bond donors (Lipinski definition) is 1. The third kappa shape index (κ3) is 3.74. The Morgan fingerprint density at radius 1 is 1.38 bits per heavy atom. The summed E-state index contributed by atoms with van der Waals surface area (Å²) in [7, 11) is 5.12. The number of amides is 1. The van der Waals surface area contributed by atoms with Crippen molar-refractivity contribution in [1.82, 2.24) is 10.4 Å². The quantitative estimate of drug-likeness (QED) is 0.614. The lowest BCUT2D eigenvalue weighted by Gasteiger charge is -2.09. The summed E-state index contributed by atoms with van der Waals surface area (Å²) >= 11 is 0. The molecular weight excluding hydrogens is 204 g/mol. The number of hydrogen-bond acceptors (Lipinski definition) is 3. The number of ether oxygens (including phenoxy) is 1. The van der Waals surface area contributed by atoms with E-state index in [9.17, 15) is 4.79 Å². The molecule has 1 N–H and O–H groups in total. The highest BCUT2D eigenvalue weighted by Crippen LogP contribution is 2.18. The number of rotatable bonds is 4. The molecule has 0 bridgehead atoms. The fourth-order valence-electron chi connectivity index (χ4n) is 1.23. The van der Waals surface area contributed by atoms with Gasteiger partial charge in [0, 0.05) is 25.7 Å². The zero-order valence-corrected chi connectivity index (χ0v) is 9.73. The molecule has 1 aromatic rings. The highest BCUT2D eigenvalue weighted by molar-refractivity contribution is 5.91. The van der Waals surface area contributed by atoms with Crippen LogP contribution in [0.1, 0.15) is 5.56 Å². The predicted octanol–water partition coefficient (Wildman–Crippen LogP) is 1.30. The van der Waals surface area contributed by atoms with E-state index in [1.54, 1.807) is 32.3 Å². The van der Waals surface area contributed by atoms with Crippen LogP contribution in [0.15, 0.2) is 30.3 Å². The van der Waals surface area contributed by atoms with Crippen molar-refractivity contribution >= 4 is 12.0 Å². The molecule has 1 amide bonds. The van der Waals surface area contributed by atoms with Crippen molar-refractivity contribution in [3.05, 3.63) is 35.9 Å². The molecule has 0 aliphatic carbocycles. The summed E-state index contributed by atoms with van der Waals surface area (Å²) in [5, 5.41) is 1.59. The Bertz CT molecular complexity index is 386. The molecule has 16 heavy (non-hydrogen) atoms. The van der Waals surface area contributed by atoms with Gasteiger partial charge in [-0.1, -0.05) is 18.2 Å². The standard InChI is InChI=1S/C12H16N2O2/c1-14(2)13-12(15)9-8-10-6-4-5-7-11(10)16-3/h4-9H,1-3H3,(H,13,15)/b9-8+. The van der Waals surface area contributed by atoms with Crippen LogP contribution in [-0.2, 0) is 4.79 Å². The number of carbonyl (C=O) groups is 1. The SMILES string of the molecule is COc1ccccc1/C=C/C(=O)NN(C)C.